The van der Waals surface area contributed by atoms with Crippen LogP contribution >= 0.6 is 0 Å². The molecule has 0 aliphatic heterocycles. The minimum Gasteiger partial charge on any atom is -0.0776 e. The van der Waals surface area contributed by atoms with E-state index in [0.29, 0.717) is 17.8 Å². The molecule has 0 spiro atoms. The Kier molecular flexibility index (Phi) is 65.0. The van der Waals surface area contributed by atoms with Gasteiger partial charge in [-0.2, -0.15) is 0 Å². The predicted molar refractivity (Wildman–Crippen MR) is 409 cm³/mol. The lowest BCUT2D eigenvalue weighted by Crippen LogP contribution is -1.90. The van der Waals surface area contributed by atoms with E-state index in [9.17, 15) is 0 Å². The second-order valence-corrected chi connectivity index (χ2v) is 21.7. The molecule has 0 atom stereocenters. The highest BCUT2D eigenvalue weighted by Gasteiger charge is 2.01. The first-order valence-electron chi connectivity index (χ1n) is 29.0. The Hall–Kier alpha value is -6.24. The van der Waals surface area contributed by atoms with Gasteiger partial charge in [0.15, 0.2) is 0 Å². The second kappa shape index (κ2) is 56.6. The molecule has 0 aliphatic rings. The lowest BCUT2D eigenvalue weighted by molar-refractivity contribution is 0.845. The van der Waals surface area contributed by atoms with Crippen LogP contribution in [0.3, 0.4) is 0 Å². The van der Waals surface area contributed by atoms with Crippen molar-refractivity contribution < 1.29 is 0 Å². The van der Waals surface area contributed by atoms with Gasteiger partial charge < -0.3 is 0 Å². The van der Waals surface area contributed by atoms with Crippen molar-refractivity contribution in [3.05, 3.63) is 282 Å². The standard InChI is InChI=1S/C12H18.C11H16.2C10H14.2C9H12.2C8H10.9CH4/c1-9(2)11-5-7-12(8-6-11)10(3)4;1-4-10-5-7-11(8-6-10)9(2)3;1-3-9-5-7-10(4-2)8-6-9;1-3-9-6-5-7-10(4-2)8-9;1-7-4-5-8(2)9(3)6-7;1-7-5-4-6-8(2)9(7)3;1-7-3-5-8(2)6-4-7;1-7-4-3-5-8(2)6-7;;;;;;;;;/h5-10H,1-4H3;5-9H,4H2,1-3H3;2*5-8H,3-4H2,1-2H3;2*4-6H,1-3H3;2*3-6H,1-2H3;9*1H4. The SMILES string of the molecule is C.C.C.C.C.C.C.C.C.CC(C)c1ccc(C(C)C)cc1.CCc1ccc(C(C)C)cc1.CCc1ccc(CC)cc1.CCc1cccc(CC)c1.Cc1ccc(C)c(C)c1.Cc1ccc(C)cc1.Cc1cccc(C)c1.Cc1cccc(C)c1C. The van der Waals surface area contributed by atoms with E-state index in [-0.39, 0.29) is 66.8 Å². The molecule has 0 amide bonds. The molecule has 0 nitrogen and oxygen atoms in total. The van der Waals surface area contributed by atoms with Crippen LogP contribution in [0.2, 0.25) is 0 Å². The van der Waals surface area contributed by atoms with Crippen LogP contribution in [0.4, 0.5) is 0 Å². The molecule has 86 heavy (non-hydrogen) atoms. The van der Waals surface area contributed by atoms with Crippen molar-refractivity contribution in [1.29, 1.82) is 0 Å². The van der Waals surface area contributed by atoms with Crippen molar-refractivity contribution in [2.75, 3.05) is 0 Å². The zero-order valence-corrected chi connectivity index (χ0v) is 52.6. The van der Waals surface area contributed by atoms with Gasteiger partial charge in [0.25, 0.3) is 0 Å². The second-order valence-electron chi connectivity index (χ2n) is 21.7. The van der Waals surface area contributed by atoms with Gasteiger partial charge in [0.05, 0.1) is 0 Å². The van der Waals surface area contributed by atoms with Gasteiger partial charge in [0.2, 0.25) is 0 Å². The maximum absolute atomic E-state index is 2.28. The zero-order valence-electron chi connectivity index (χ0n) is 52.6. The van der Waals surface area contributed by atoms with Gasteiger partial charge in [-0.05, 0) is 191 Å². The van der Waals surface area contributed by atoms with Gasteiger partial charge in [-0.3, -0.25) is 0 Å². The Morgan fingerprint density at radius 2 is 0.477 bits per heavy atom. The number of hydrogen-bond acceptors (Lipinski definition) is 0. The van der Waals surface area contributed by atoms with Crippen LogP contribution in [0.1, 0.15) is 261 Å². The summed E-state index contributed by atoms with van der Waals surface area (Å²) in [7, 11) is 0. The van der Waals surface area contributed by atoms with E-state index < -0.39 is 0 Å². The minimum atomic E-state index is 0. The summed E-state index contributed by atoms with van der Waals surface area (Å²) in [5.74, 6) is 1.94. The Labute approximate surface area is 541 Å². The summed E-state index contributed by atoms with van der Waals surface area (Å²) < 4.78 is 0. The Balaban J connectivity index is -0.000000111. The number of rotatable bonds is 8. The fraction of sp³-hybridized carbons (Fsp3) is 0.442. The van der Waals surface area contributed by atoms with Gasteiger partial charge in [-0.25, -0.2) is 0 Å². The van der Waals surface area contributed by atoms with Crippen LogP contribution in [0.15, 0.2) is 182 Å². The molecule has 0 N–H and O–H groups in total. The van der Waals surface area contributed by atoms with Crippen LogP contribution in [0.5, 0.6) is 0 Å². The summed E-state index contributed by atoms with van der Waals surface area (Å²) in [6.45, 7) is 45.5. The maximum Gasteiger partial charge on any atom is -0.0219 e. The number of benzene rings is 8. The minimum absolute atomic E-state index is 0. The molecule has 8 aromatic rings. The predicted octanol–water partition coefficient (Wildman–Crippen LogP) is 28.5. The van der Waals surface area contributed by atoms with Gasteiger partial charge in [-0.15, -0.1) is 0 Å². The van der Waals surface area contributed by atoms with Gasteiger partial charge in [0, 0.05) is 0 Å². The average molecular weight is 1180 g/mol. The van der Waals surface area contributed by atoms with Crippen LogP contribution in [0, 0.1) is 69.2 Å². The molecule has 0 saturated heterocycles. The molecule has 0 radical (unpaired) electrons. The fourth-order valence-corrected chi connectivity index (χ4v) is 7.72. The van der Waals surface area contributed by atoms with Crippen LogP contribution in [-0.4, -0.2) is 0 Å². The topological polar surface area (TPSA) is 0 Å². The van der Waals surface area contributed by atoms with Crippen molar-refractivity contribution in [2.24, 2.45) is 0 Å². The van der Waals surface area contributed by atoms with Crippen LogP contribution < -0.4 is 0 Å². The first kappa shape index (κ1) is 98.8. The highest BCUT2D eigenvalue weighted by Crippen LogP contribution is 2.19. The van der Waals surface area contributed by atoms with Gasteiger partial charge in [-0.1, -0.05) is 353 Å². The summed E-state index contributed by atoms with van der Waals surface area (Å²) in [5.41, 5.74) is 25.1. The van der Waals surface area contributed by atoms with Crippen molar-refractivity contribution in [1.82, 2.24) is 0 Å². The largest absolute Gasteiger partial charge is 0.0776 e. The average Bonchev–Trinajstić information content (AvgIpc) is 3.47. The first-order valence-corrected chi connectivity index (χ1v) is 29.0. The molecule has 0 aromatic heterocycles. The molecule has 486 valence electrons. The van der Waals surface area contributed by atoms with Crippen molar-refractivity contribution in [3.8, 4) is 0 Å². The highest BCUT2D eigenvalue weighted by atomic mass is 14.1. The van der Waals surface area contributed by atoms with Crippen molar-refractivity contribution in [3.63, 3.8) is 0 Å². The van der Waals surface area contributed by atoms with E-state index in [1.54, 1.807) is 0 Å². The van der Waals surface area contributed by atoms with E-state index >= 15 is 0 Å². The van der Waals surface area contributed by atoms with E-state index in [2.05, 4.69) is 327 Å². The Morgan fingerprint density at radius 1 is 0.221 bits per heavy atom. The Morgan fingerprint density at radius 3 is 0.721 bits per heavy atom. The quantitative estimate of drug-likeness (QED) is 0.142. The molecule has 8 rings (SSSR count). The van der Waals surface area contributed by atoms with E-state index in [4.69, 9.17) is 0 Å². The zero-order chi connectivity index (χ0) is 57.9. The fourth-order valence-electron chi connectivity index (χ4n) is 7.72. The molecule has 0 aliphatic carbocycles. The smallest absolute Gasteiger partial charge is 0.0219 e. The van der Waals surface area contributed by atoms with E-state index in [1.165, 1.54) is 100 Å². The molecule has 0 saturated carbocycles. The summed E-state index contributed by atoms with van der Waals surface area (Å²) in [5, 5.41) is 0. The molecular formula is C86H142. The molecule has 0 heterocycles. The van der Waals surface area contributed by atoms with Gasteiger partial charge >= 0.3 is 0 Å². The lowest BCUT2D eigenvalue weighted by Gasteiger charge is -2.08. The molecule has 0 fully saturated rings. The molecule has 8 aromatic carbocycles. The Bertz CT molecular complexity index is 2610. The van der Waals surface area contributed by atoms with Crippen molar-refractivity contribution >= 4 is 0 Å². The molecule has 0 bridgehead atoms. The van der Waals surface area contributed by atoms with Gasteiger partial charge in [0.1, 0.15) is 0 Å². The van der Waals surface area contributed by atoms with E-state index in [1.807, 2.05) is 0 Å². The normalized spacial score (nSPS) is 8.93. The third-order valence-electron chi connectivity index (χ3n) is 13.9. The first-order chi connectivity index (χ1) is 36.6. The molecular weight excluding hydrogens is 1030 g/mol. The summed E-state index contributed by atoms with van der Waals surface area (Å²) in [6, 6.07) is 65.2. The van der Waals surface area contributed by atoms with Crippen molar-refractivity contribution in [2.45, 2.75) is 262 Å². The third-order valence-corrected chi connectivity index (χ3v) is 13.9. The number of aryl methyl sites for hydroxylation is 14. The maximum atomic E-state index is 2.28. The molecule has 0 unspecified atom stereocenters. The third kappa shape index (κ3) is 43.4. The highest BCUT2D eigenvalue weighted by molar-refractivity contribution is 5.32. The van der Waals surface area contributed by atoms with Crippen LogP contribution in [-0.2, 0) is 32.1 Å². The number of hydrogen-bond donors (Lipinski definition) is 0. The lowest BCUT2D eigenvalue weighted by atomic mass is 9.97. The summed E-state index contributed by atoms with van der Waals surface area (Å²) in [4.78, 5) is 0. The van der Waals surface area contributed by atoms with E-state index in [0.717, 1.165) is 32.1 Å². The molecule has 0 heteroatoms. The summed E-state index contributed by atoms with van der Waals surface area (Å²) >= 11 is 0. The van der Waals surface area contributed by atoms with Crippen LogP contribution in [0.25, 0.3) is 0 Å². The summed E-state index contributed by atoms with van der Waals surface area (Å²) in [6.07, 6.45) is 5.72. The monoisotopic (exact) mass is 1180 g/mol.